The molecule has 1 heterocycles. The topological polar surface area (TPSA) is 101 Å². The summed E-state index contributed by atoms with van der Waals surface area (Å²) in [7, 11) is -4.25. The molecule has 2 N–H and O–H groups in total. The highest BCUT2D eigenvalue weighted by atomic mass is 32.2. The molecule has 3 aromatic rings. The summed E-state index contributed by atoms with van der Waals surface area (Å²) in [6.07, 6.45) is 0. The Bertz CT molecular complexity index is 1170. The molecule has 0 aliphatic heterocycles. The first-order chi connectivity index (χ1) is 13.7. The second-order valence-electron chi connectivity index (χ2n) is 5.61. The number of carbonyl (C=O) groups excluding carboxylic acids is 1. The molecule has 0 unspecified atom stereocenters. The van der Waals surface area contributed by atoms with Crippen LogP contribution < -0.4 is 10.0 Å². The summed E-state index contributed by atoms with van der Waals surface area (Å²) < 4.78 is 67.8. The minimum atomic E-state index is -4.25. The van der Waals surface area contributed by atoms with Crippen molar-refractivity contribution >= 4 is 32.4 Å². The molecule has 0 saturated heterocycles. The van der Waals surface area contributed by atoms with Crippen LogP contribution in [-0.2, 0) is 10.0 Å². The largest absolute Gasteiger partial charge is 0.296 e. The van der Waals surface area contributed by atoms with E-state index in [9.17, 15) is 26.4 Å². The predicted molar refractivity (Wildman–Crippen MR) is 100 cm³/mol. The molecule has 0 atom stereocenters. The van der Waals surface area contributed by atoms with E-state index in [0.717, 1.165) is 17.4 Å². The first kappa shape index (κ1) is 20.9. The van der Waals surface area contributed by atoms with E-state index in [1.807, 2.05) is 0 Å². The Morgan fingerprint density at radius 1 is 1.07 bits per heavy atom. The van der Waals surface area contributed by atoms with Gasteiger partial charge in [0.15, 0.2) is 5.82 Å². The van der Waals surface area contributed by atoms with Gasteiger partial charge >= 0.3 is 0 Å². The van der Waals surface area contributed by atoms with Crippen LogP contribution in [0.4, 0.5) is 18.3 Å². The summed E-state index contributed by atoms with van der Waals surface area (Å²) in [6.45, 7) is 1.47. The second kappa shape index (κ2) is 8.27. The van der Waals surface area contributed by atoms with Crippen LogP contribution in [-0.4, -0.2) is 31.1 Å². The number of amides is 1. The molecule has 3 rings (SSSR count). The Morgan fingerprint density at radius 3 is 2.41 bits per heavy atom. The molecule has 0 aliphatic carbocycles. The van der Waals surface area contributed by atoms with Gasteiger partial charge in [-0.1, -0.05) is 18.3 Å². The number of nitrogens with zero attached hydrogens (tertiary/aromatic N) is 2. The van der Waals surface area contributed by atoms with Crippen LogP contribution >= 0.6 is 11.3 Å². The van der Waals surface area contributed by atoms with Gasteiger partial charge in [0.05, 0.1) is 0 Å². The van der Waals surface area contributed by atoms with E-state index in [0.29, 0.717) is 16.6 Å². The summed E-state index contributed by atoms with van der Waals surface area (Å²) in [5.41, 5.74) is -0.539. The van der Waals surface area contributed by atoms with Crippen molar-refractivity contribution in [3.05, 3.63) is 59.4 Å². The van der Waals surface area contributed by atoms with Crippen molar-refractivity contribution in [1.82, 2.24) is 14.9 Å². The molecule has 152 valence electrons. The number of benzene rings is 2. The summed E-state index contributed by atoms with van der Waals surface area (Å²) in [4.78, 5) is 11.5. The molecule has 7 nitrogen and oxygen atoms in total. The third-order valence-electron chi connectivity index (χ3n) is 3.64. The number of hydrogen-bond acceptors (Lipinski definition) is 6. The minimum absolute atomic E-state index is 0.0162. The molecule has 0 radical (unpaired) electrons. The Kier molecular flexibility index (Phi) is 5.96. The smallest absolute Gasteiger partial charge is 0.263 e. The maximum atomic E-state index is 14.6. The van der Waals surface area contributed by atoms with E-state index in [2.05, 4.69) is 20.2 Å². The van der Waals surface area contributed by atoms with Gasteiger partial charge in [-0.25, -0.2) is 26.3 Å². The number of hydrogen-bond donors (Lipinski definition) is 2. The highest BCUT2D eigenvalue weighted by Crippen LogP contribution is 2.28. The van der Waals surface area contributed by atoms with Gasteiger partial charge in [-0.3, -0.25) is 10.1 Å². The van der Waals surface area contributed by atoms with E-state index >= 15 is 0 Å². The average Bonchev–Trinajstić information content (AvgIpc) is 3.10. The lowest BCUT2D eigenvalue weighted by atomic mass is 10.2. The number of halogens is 3. The third kappa shape index (κ3) is 4.44. The van der Waals surface area contributed by atoms with Crippen molar-refractivity contribution in [3.8, 4) is 10.6 Å². The zero-order valence-corrected chi connectivity index (χ0v) is 16.4. The molecule has 2 aromatic carbocycles. The maximum absolute atomic E-state index is 14.6. The highest BCUT2D eigenvalue weighted by Gasteiger charge is 2.27. The first-order valence-corrected chi connectivity index (χ1v) is 10.4. The van der Waals surface area contributed by atoms with Crippen LogP contribution in [0.1, 0.15) is 17.3 Å². The van der Waals surface area contributed by atoms with Crippen LogP contribution in [0.3, 0.4) is 0 Å². The van der Waals surface area contributed by atoms with Gasteiger partial charge in [0.1, 0.15) is 27.1 Å². The van der Waals surface area contributed by atoms with Crippen LogP contribution in [0.5, 0.6) is 0 Å². The van der Waals surface area contributed by atoms with E-state index in [1.165, 1.54) is 31.2 Å². The number of sulfonamides is 1. The fourth-order valence-electron chi connectivity index (χ4n) is 2.36. The molecule has 12 heteroatoms. The molecular formula is C17H13F3N4O3S2. The summed E-state index contributed by atoms with van der Waals surface area (Å²) in [6, 6.07) is 6.76. The van der Waals surface area contributed by atoms with Crippen LogP contribution in [0.15, 0.2) is 41.3 Å². The van der Waals surface area contributed by atoms with Gasteiger partial charge in [0.25, 0.3) is 5.91 Å². The van der Waals surface area contributed by atoms with Gasteiger partial charge in [-0.15, -0.1) is 10.2 Å². The van der Waals surface area contributed by atoms with Crippen molar-refractivity contribution in [1.29, 1.82) is 0 Å². The molecule has 0 spiro atoms. The van der Waals surface area contributed by atoms with Crippen molar-refractivity contribution in [2.24, 2.45) is 0 Å². The fraction of sp³-hybridized carbons (Fsp3) is 0.118. The molecule has 0 bridgehead atoms. The standard InChI is InChI=1S/C17H13F3N4O3S2/c1-2-21-29(26,27)12-8-7-11(19)13(14(12)20)15(25)22-17-24-23-16(28-17)9-3-5-10(18)6-4-9/h3-8,21H,2H2,1H3,(H,22,24,25). The minimum Gasteiger partial charge on any atom is -0.296 e. The first-order valence-electron chi connectivity index (χ1n) is 8.11. The number of anilines is 1. The molecule has 0 fully saturated rings. The molecule has 0 saturated carbocycles. The van der Waals surface area contributed by atoms with Crippen molar-refractivity contribution < 1.29 is 26.4 Å². The lowest BCUT2D eigenvalue weighted by Gasteiger charge is -2.10. The van der Waals surface area contributed by atoms with Crippen LogP contribution in [0.25, 0.3) is 10.6 Å². The Labute approximate surface area is 167 Å². The lowest BCUT2D eigenvalue weighted by Crippen LogP contribution is -2.26. The van der Waals surface area contributed by atoms with Crippen molar-refractivity contribution in [2.75, 3.05) is 11.9 Å². The Hall–Kier alpha value is -2.83. The average molecular weight is 442 g/mol. The number of carbonyl (C=O) groups is 1. The summed E-state index contributed by atoms with van der Waals surface area (Å²) in [5.74, 6) is -4.43. The SMILES string of the molecule is CCNS(=O)(=O)c1ccc(F)c(C(=O)Nc2nnc(-c3ccc(F)cc3)s2)c1F. The van der Waals surface area contributed by atoms with Gasteiger partial charge in [0.2, 0.25) is 15.2 Å². The number of nitrogens with one attached hydrogen (secondary N) is 2. The normalized spacial score (nSPS) is 11.4. The third-order valence-corrected chi connectivity index (χ3v) is 6.09. The molecule has 1 aromatic heterocycles. The van der Waals surface area contributed by atoms with E-state index < -0.39 is 43.8 Å². The number of aromatic nitrogens is 2. The maximum Gasteiger partial charge on any atom is 0.263 e. The van der Waals surface area contributed by atoms with Crippen LogP contribution in [0, 0.1) is 17.5 Å². The molecule has 29 heavy (non-hydrogen) atoms. The van der Waals surface area contributed by atoms with Gasteiger partial charge in [0, 0.05) is 12.1 Å². The number of rotatable bonds is 6. The zero-order chi connectivity index (χ0) is 21.2. The molecule has 1 amide bonds. The second-order valence-corrected chi connectivity index (χ2v) is 8.32. The fourth-order valence-corrected chi connectivity index (χ4v) is 4.22. The van der Waals surface area contributed by atoms with Gasteiger partial charge < -0.3 is 0 Å². The van der Waals surface area contributed by atoms with Crippen molar-refractivity contribution in [2.45, 2.75) is 11.8 Å². The molecular weight excluding hydrogens is 429 g/mol. The summed E-state index contributed by atoms with van der Waals surface area (Å²) >= 11 is 0.892. The van der Waals surface area contributed by atoms with E-state index in [1.54, 1.807) is 0 Å². The van der Waals surface area contributed by atoms with E-state index in [-0.39, 0.29) is 11.7 Å². The van der Waals surface area contributed by atoms with E-state index in [4.69, 9.17) is 0 Å². The monoisotopic (exact) mass is 442 g/mol. The predicted octanol–water partition coefficient (Wildman–Crippen LogP) is 3.17. The van der Waals surface area contributed by atoms with Crippen molar-refractivity contribution in [3.63, 3.8) is 0 Å². The zero-order valence-electron chi connectivity index (χ0n) is 14.7. The summed E-state index contributed by atoms with van der Waals surface area (Å²) in [5, 5.41) is 9.99. The molecule has 0 aliphatic rings. The quantitative estimate of drug-likeness (QED) is 0.611. The van der Waals surface area contributed by atoms with Gasteiger partial charge in [-0.05, 0) is 36.4 Å². The highest BCUT2D eigenvalue weighted by molar-refractivity contribution is 7.89. The van der Waals surface area contributed by atoms with Crippen LogP contribution in [0.2, 0.25) is 0 Å². The Balaban J connectivity index is 1.89. The lowest BCUT2D eigenvalue weighted by molar-refractivity contribution is 0.101. The van der Waals surface area contributed by atoms with Gasteiger partial charge in [-0.2, -0.15) is 0 Å². The Morgan fingerprint density at radius 2 is 1.76 bits per heavy atom.